The summed E-state index contributed by atoms with van der Waals surface area (Å²) >= 11 is 0. The zero-order valence-electron chi connectivity index (χ0n) is 17.0. The average molecular weight is 381 g/mol. The van der Waals surface area contributed by atoms with E-state index in [-0.39, 0.29) is 0 Å². The summed E-state index contributed by atoms with van der Waals surface area (Å²) in [7, 11) is 2.14. The molecule has 0 bridgehead atoms. The van der Waals surface area contributed by atoms with Gasteiger partial charge in [0.25, 0.3) is 0 Å². The highest BCUT2D eigenvalue weighted by Crippen LogP contribution is 2.38. The van der Waals surface area contributed by atoms with E-state index in [1.165, 1.54) is 43.2 Å². The number of aromatic nitrogens is 1. The van der Waals surface area contributed by atoms with Gasteiger partial charge in [0.15, 0.2) is 6.20 Å². The number of furan rings is 1. The molecule has 0 N–H and O–H groups in total. The molecule has 1 fully saturated rings. The molecule has 144 valence electrons. The Kier molecular flexibility index (Phi) is 4.36. The Labute approximate surface area is 171 Å². The smallest absolute Gasteiger partial charge is 0.216 e. The van der Waals surface area contributed by atoms with E-state index in [4.69, 9.17) is 4.42 Å². The summed E-state index contributed by atoms with van der Waals surface area (Å²) in [6.45, 7) is 2.14. The van der Waals surface area contributed by atoms with E-state index in [9.17, 15) is 5.26 Å². The number of hydrogen-bond acceptors (Lipinski definition) is 2. The lowest BCUT2D eigenvalue weighted by molar-refractivity contribution is -0.660. The van der Waals surface area contributed by atoms with Crippen LogP contribution in [0, 0.1) is 18.3 Å². The summed E-state index contributed by atoms with van der Waals surface area (Å²) in [5, 5.41) is 11.4. The van der Waals surface area contributed by atoms with Crippen molar-refractivity contribution in [2.75, 3.05) is 0 Å². The minimum absolute atomic E-state index is 0.622. The van der Waals surface area contributed by atoms with E-state index < -0.39 is 0 Å². The zero-order chi connectivity index (χ0) is 20.0. The fraction of sp³-hybridized carbons (Fsp3) is 0.308. The fourth-order valence-electron chi connectivity index (χ4n) is 4.89. The molecule has 4 aromatic rings. The number of pyridine rings is 1. The highest BCUT2D eigenvalue weighted by atomic mass is 16.3. The van der Waals surface area contributed by atoms with Crippen molar-refractivity contribution in [3.8, 4) is 17.3 Å². The van der Waals surface area contributed by atoms with Crippen molar-refractivity contribution in [2.24, 2.45) is 7.05 Å². The lowest BCUT2D eigenvalue weighted by atomic mass is 9.84. The number of nitrogens with zero attached hydrogens (tertiary/aromatic N) is 2. The Bertz CT molecular complexity index is 1270. The van der Waals surface area contributed by atoms with Crippen LogP contribution < -0.4 is 4.57 Å². The van der Waals surface area contributed by atoms with Crippen molar-refractivity contribution in [3.05, 3.63) is 65.4 Å². The Balaban J connectivity index is 1.68. The van der Waals surface area contributed by atoms with Crippen LogP contribution in [0.4, 0.5) is 0 Å². The van der Waals surface area contributed by atoms with Gasteiger partial charge in [0, 0.05) is 22.4 Å². The Hall–Kier alpha value is -3.12. The Morgan fingerprint density at radius 3 is 2.55 bits per heavy atom. The minimum atomic E-state index is 0.622. The van der Waals surface area contributed by atoms with Crippen LogP contribution in [0.1, 0.15) is 54.7 Å². The van der Waals surface area contributed by atoms with Gasteiger partial charge < -0.3 is 4.42 Å². The number of nitriles is 1. The van der Waals surface area contributed by atoms with Gasteiger partial charge in [-0.2, -0.15) is 5.26 Å². The van der Waals surface area contributed by atoms with Crippen LogP contribution in [0.25, 0.3) is 33.2 Å². The summed E-state index contributed by atoms with van der Waals surface area (Å²) in [6, 6.07) is 16.7. The van der Waals surface area contributed by atoms with Crippen molar-refractivity contribution in [3.63, 3.8) is 0 Å². The molecule has 2 heterocycles. The molecule has 0 aliphatic heterocycles. The normalized spacial score (nSPS) is 15.1. The SMILES string of the molecule is Cc1ccc2c(oc3cc(C#N)ccc32)c1-c1ccc(C2CCCCC2)c[n+]1C. The van der Waals surface area contributed by atoms with Gasteiger partial charge in [0.2, 0.25) is 5.69 Å². The van der Waals surface area contributed by atoms with Crippen LogP contribution in [0.15, 0.2) is 53.1 Å². The predicted octanol–water partition coefficient (Wildman–Crippen LogP) is 6.31. The third-order valence-electron chi connectivity index (χ3n) is 6.47. The molecule has 2 aromatic carbocycles. The van der Waals surface area contributed by atoms with Gasteiger partial charge in [0.1, 0.15) is 18.2 Å². The zero-order valence-corrected chi connectivity index (χ0v) is 17.0. The number of fused-ring (bicyclic) bond motifs is 3. The molecule has 0 saturated heterocycles. The van der Waals surface area contributed by atoms with Crippen molar-refractivity contribution in [1.29, 1.82) is 5.26 Å². The summed E-state index contributed by atoms with van der Waals surface area (Å²) in [6.07, 6.45) is 8.98. The van der Waals surface area contributed by atoms with Crippen molar-refractivity contribution >= 4 is 21.9 Å². The van der Waals surface area contributed by atoms with Crippen LogP contribution in [-0.2, 0) is 7.05 Å². The molecule has 3 heteroatoms. The first kappa shape index (κ1) is 17.9. The van der Waals surface area contributed by atoms with Gasteiger partial charge in [0.05, 0.1) is 17.2 Å². The van der Waals surface area contributed by atoms with E-state index >= 15 is 0 Å². The Morgan fingerprint density at radius 1 is 1.00 bits per heavy atom. The van der Waals surface area contributed by atoms with Crippen molar-refractivity contribution in [1.82, 2.24) is 0 Å². The van der Waals surface area contributed by atoms with Crippen molar-refractivity contribution in [2.45, 2.75) is 44.9 Å². The van der Waals surface area contributed by atoms with Gasteiger partial charge in [-0.15, -0.1) is 0 Å². The molecule has 0 radical (unpaired) electrons. The fourth-order valence-corrected chi connectivity index (χ4v) is 4.89. The summed E-state index contributed by atoms with van der Waals surface area (Å²) < 4.78 is 8.55. The molecule has 2 aromatic heterocycles. The summed E-state index contributed by atoms with van der Waals surface area (Å²) in [4.78, 5) is 0. The van der Waals surface area contributed by atoms with E-state index in [1.807, 2.05) is 18.2 Å². The molecular weight excluding hydrogens is 356 g/mol. The third-order valence-corrected chi connectivity index (χ3v) is 6.47. The molecule has 0 amide bonds. The lowest BCUT2D eigenvalue weighted by Crippen LogP contribution is -2.32. The first-order valence-electron chi connectivity index (χ1n) is 10.5. The van der Waals surface area contributed by atoms with Gasteiger partial charge in [-0.05, 0) is 55.5 Å². The second-order valence-electron chi connectivity index (χ2n) is 8.35. The second kappa shape index (κ2) is 7.04. The van der Waals surface area contributed by atoms with Gasteiger partial charge in [-0.25, -0.2) is 4.57 Å². The summed E-state index contributed by atoms with van der Waals surface area (Å²) in [5.74, 6) is 0.691. The molecule has 3 nitrogen and oxygen atoms in total. The lowest BCUT2D eigenvalue weighted by Gasteiger charge is -2.21. The number of hydrogen-bond donors (Lipinski definition) is 0. The second-order valence-corrected chi connectivity index (χ2v) is 8.35. The maximum atomic E-state index is 9.22. The number of benzene rings is 2. The van der Waals surface area contributed by atoms with E-state index in [0.29, 0.717) is 11.5 Å². The third kappa shape index (κ3) is 3.00. The average Bonchev–Trinajstić information content (AvgIpc) is 3.12. The van der Waals surface area contributed by atoms with Gasteiger partial charge >= 0.3 is 0 Å². The standard InChI is InChI=1S/C26H25N2O/c1-17-8-11-22-21-12-9-18(15-27)14-24(21)29-26(22)25(17)23-13-10-20(16-28(23)2)19-6-4-3-5-7-19/h8-14,16,19H,3-7H2,1-2H3/q+1. The minimum Gasteiger partial charge on any atom is -0.455 e. The first-order valence-corrected chi connectivity index (χ1v) is 10.5. The maximum absolute atomic E-state index is 9.22. The molecular formula is C26H25N2O+. The molecule has 0 atom stereocenters. The van der Waals surface area contributed by atoms with E-state index in [1.54, 1.807) is 0 Å². The van der Waals surface area contributed by atoms with Crippen molar-refractivity contribution < 1.29 is 8.98 Å². The highest BCUT2D eigenvalue weighted by Gasteiger charge is 2.23. The van der Waals surface area contributed by atoms with Crippen LogP contribution >= 0.6 is 0 Å². The number of rotatable bonds is 2. The molecule has 5 rings (SSSR count). The monoisotopic (exact) mass is 381 g/mol. The molecule has 1 aliphatic carbocycles. The van der Waals surface area contributed by atoms with Crippen LogP contribution in [0.5, 0.6) is 0 Å². The first-order chi connectivity index (χ1) is 14.2. The molecule has 29 heavy (non-hydrogen) atoms. The molecule has 1 aliphatic rings. The highest BCUT2D eigenvalue weighted by molar-refractivity contribution is 6.09. The summed E-state index contributed by atoms with van der Waals surface area (Å²) in [5.41, 5.74) is 7.23. The van der Waals surface area contributed by atoms with Crippen LogP contribution in [-0.4, -0.2) is 0 Å². The topological polar surface area (TPSA) is 40.8 Å². The van der Waals surface area contributed by atoms with Gasteiger partial charge in [-0.3, -0.25) is 0 Å². The molecule has 0 spiro atoms. The van der Waals surface area contributed by atoms with E-state index in [2.05, 4.69) is 55.1 Å². The Morgan fingerprint density at radius 2 is 1.79 bits per heavy atom. The molecule has 0 unspecified atom stereocenters. The van der Waals surface area contributed by atoms with E-state index in [0.717, 1.165) is 33.2 Å². The largest absolute Gasteiger partial charge is 0.455 e. The quantitative estimate of drug-likeness (QED) is 0.382. The van der Waals surface area contributed by atoms with Crippen LogP contribution in [0.3, 0.4) is 0 Å². The number of aryl methyl sites for hydroxylation is 2. The molecule has 1 saturated carbocycles. The van der Waals surface area contributed by atoms with Crippen LogP contribution in [0.2, 0.25) is 0 Å². The van der Waals surface area contributed by atoms with Gasteiger partial charge in [-0.1, -0.05) is 31.4 Å². The predicted molar refractivity (Wildman–Crippen MR) is 116 cm³/mol. The maximum Gasteiger partial charge on any atom is 0.216 e.